The van der Waals surface area contributed by atoms with Crippen molar-refractivity contribution in [2.45, 2.75) is 131 Å². The van der Waals surface area contributed by atoms with Crippen molar-refractivity contribution in [3.8, 4) is 0 Å². The second-order valence-corrected chi connectivity index (χ2v) is 15.4. The van der Waals surface area contributed by atoms with Crippen molar-refractivity contribution in [3.05, 3.63) is 35.9 Å². The van der Waals surface area contributed by atoms with Crippen molar-refractivity contribution < 1.29 is 29.0 Å². The molecule has 1 aromatic carbocycles. The van der Waals surface area contributed by atoms with Crippen LogP contribution in [0.5, 0.6) is 0 Å². The monoisotopic (exact) mass is 701 g/mol. The molecule has 10 atom stereocenters. The lowest BCUT2D eigenvalue weighted by Crippen LogP contribution is -2.54. The molecule has 0 saturated carbocycles. The third-order valence-electron chi connectivity index (χ3n) is 11.4. The zero-order valence-corrected chi connectivity index (χ0v) is 32.9. The molecule has 0 spiro atoms. The lowest BCUT2D eigenvalue weighted by atomic mass is 9.84. The Morgan fingerprint density at radius 2 is 1.60 bits per heavy atom. The van der Waals surface area contributed by atoms with Gasteiger partial charge in [-0.25, -0.2) is 0 Å². The molecule has 0 unspecified atom stereocenters. The Hall–Kier alpha value is -2.82. The third-order valence-corrected chi connectivity index (χ3v) is 11.4. The number of nitrogens with one attached hydrogen (secondary N) is 2. The van der Waals surface area contributed by atoms with Gasteiger partial charge in [0.15, 0.2) is 5.78 Å². The molecule has 1 saturated heterocycles. The maximum atomic E-state index is 14.2. The topological polar surface area (TPSA) is 128 Å². The first kappa shape index (κ1) is 43.3. The van der Waals surface area contributed by atoms with E-state index in [9.17, 15) is 24.3 Å². The largest absolute Gasteiger partial charge is 0.386 e. The number of carbonyl (C=O) groups is 4. The highest BCUT2D eigenvalue weighted by molar-refractivity contribution is 5.90. The Morgan fingerprint density at radius 1 is 0.980 bits per heavy atom. The molecule has 1 aliphatic heterocycles. The summed E-state index contributed by atoms with van der Waals surface area (Å²) >= 11 is 0. The van der Waals surface area contributed by atoms with E-state index in [1.54, 1.807) is 33.0 Å². The van der Waals surface area contributed by atoms with E-state index in [0.29, 0.717) is 6.54 Å². The number of aliphatic hydroxyl groups is 1. The van der Waals surface area contributed by atoms with E-state index in [-0.39, 0.29) is 84.1 Å². The van der Waals surface area contributed by atoms with Crippen LogP contribution in [0.4, 0.5) is 0 Å². The van der Waals surface area contributed by atoms with Gasteiger partial charge in [0.05, 0.1) is 36.8 Å². The zero-order valence-electron chi connectivity index (χ0n) is 32.9. The minimum absolute atomic E-state index is 0.0282. The number of hydrogen-bond acceptors (Lipinski definition) is 7. The molecular formula is C40H68N4O6. The molecule has 1 fully saturated rings. The predicted octanol–water partition coefficient (Wildman–Crippen LogP) is 5.24. The Kier molecular flexibility index (Phi) is 17.6. The first-order valence-electron chi connectivity index (χ1n) is 18.8. The van der Waals surface area contributed by atoms with Gasteiger partial charge in [-0.3, -0.25) is 19.2 Å². The zero-order chi connectivity index (χ0) is 37.9. The summed E-state index contributed by atoms with van der Waals surface area (Å²) in [5, 5.41) is 16.9. The van der Waals surface area contributed by atoms with Crippen molar-refractivity contribution in [2.24, 2.45) is 35.5 Å². The highest BCUT2D eigenvalue weighted by atomic mass is 16.5. The van der Waals surface area contributed by atoms with Crippen molar-refractivity contribution in [2.75, 3.05) is 27.7 Å². The molecule has 1 aromatic rings. The number of methoxy groups -OCH3 is 1. The molecule has 0 bridgehead atoms. The van der Waals surface area contributed by atoms with Crippen LogP contribution in [0.2, 0.25) is 0 Å². The number of likely N-dealkylation sites (N-methyl/N-ethyl adjacent to an activating group) is 2. The minimum Gasteiger partial charge on any atom is -0.386 e. The number of Topliss-reactive ketones (excluding diaryl/α,β-unsaturated/α-hetero) is 1. The molecule has 0 radical (unpaired) electrons. The molecule has 284 valence electrons. The maximum Gasteiger partial charge on any atom is 0.226 e. The first-order chi connectivity index (χ1) is 23.5. The molecule has 3 N–H and O–H groups in total. The summed E-state index contributed by atoms with van der Waals surface area (Å²) < 4.78 is 6.02. The van der Waals surface area contributed by atoms with Crippen LogP contribution < -0.4 is 10.6 Å². The third kappa shape index (κ3) is 11.1. The van der Waals surface area contributed by atoms with E-state index in [1.165, 1.54) is 0 Å². The number of hydrogen-bond donors (Lipinski definition) is 3. The van der Waals surface area contributed by atoms with Crippen molar-refractivity contribution >= 4 is 23.5 Å². The summed E-state index contributed by atoms with van der Waals surface area (Å²) in [6.45, 7) is 18.4. The standard InChI is InChI=1S/C40H68N4O6/c1-13-26(6)37(43(11)40(49)31(24(2)3)22-33(45)36(41-10)25(4)5)34(50-12)23-35(46)44-21-17-20-32(44)27(7)28(8)39(48)42-29(9)38(47)30-18-15-14-16-19-30/h14-16,18-19,24-29,31-32,34,36-38,41,47H,13,17,20-23H2,1-12H3,(H,42,48)/t26-,27+,28+,29+,31-,32-,34+,36-,37-,38+/m0/s1. The maximum absolute atomic E-state index is 14.2. The summed E-state index contributed by atoms with van der Waals surface area (Å²) in [4.78, 5) is 58.5. The fourth-order valence-electron chi connectivity index (χ4n) is 7.69. The Balaban J connectivity index is 2.20. The van der Waals surface area contributed by atoms with Crippen molar-refractivity contribution in [1.82, 2.24) is 20.4 Å². The summed E-state index contributed by atoms with van der Waals surface area (Å²) in [5.41, 5.74) is 0.742. The minimum atomic E-state index is -0.830. The van der Waals surface area contributed by atoms with Gasteiger partial charge in [0.25, 0.3) is 0 Å². The van der Waals surface area contributed by atoms with Gasteiger partial charge in [-0.2, -0.15) is 0 Å². The van der Waals surface area contributed by atoms with Gasteiger partial charge in [-0.15, -0.1) is 0 Å². The van der Waals surface area contributed by atoms with E-state index < -0.39 is 24.2 Å². The number of nitrogens with zero attached hydrogens (tertiary/aromatic N) is 2. The van der Waals surface area contributed by atoms with Crippen LogP contribution in [-0.2, 0) is 23.9 Å². The highest BCUT2D eigenvalue weighted by Crippen LogP contribution is 2.32. The lowest BCUT2D eigenvalue weighted by molar-refractivity contribution is -0.148. The van der Waals surface area contributed by atoms with Crippen LogP contribution in [0.1, 0.15) is 106 Å². The van der Waals surface area contributed by atoms with E-state index in [1.807, 2.05) is 76.8 Å². The van der Waals surface area contributed by atoms with Crippen LogP contribution >= 0.6 is 0 Å². The Labute approximate surface area is 302 Å². The second-order valence-electron chi connectivity index (χ2n) is 15.4. The Bertz CT molecular complexity index is 1230. The molecule has 50 heavy (non-hydrogen) atoms. The number of carbonyl (C=O) groups excluding carboxylic acids is 4. The number of likely N-dealkylation sites (tertiary alicyclic amines) is 1. The molecule has 10 nitrogen and oxygen atoms in total. The van der Waals surface area contributed by atoms with Crippen LogP contribution in [0.3, 0.4) is 0 Å². The van der Waals surface area contributed by atoms with E-state index >= 15 is 0 Å². The number of ether oxygens (including phenoxy) is 1. The fourth-order valence-corrected chi connectivity index (χ4v) is 7.69. The number of ketones is 1. The Morgan fingerprint density at radius 3 is 2.12 bits per heavy atom. The van der Waals surface area contributed by atoms with Gasteiger partial charge in [-0.1, -0.05) is 92.1 Å². The second kappa shape index (κ2) is 20.3. The number of benzene rings is 1. The van der Waals surface area contributed by atoms with Crippen LogP contribution in [0.15, 0.2) is 30.3 Å². The van der Waals surface area contributed by atoms with Crippen LogP contribution in [-0.4, -0.2) is 96.4 Å². The highest BCUT2D eigenvalue weighted by Gasteiger charge is 2.42. The summed E-state index contributed by atoms with van der Waals surface area (Å²) in [7, 11) is 5.15. The molecule has 0 aliphatic carbocycles. The van der Waals surface area contributed by atoms with Gasteiger partial charge in [0.2, 0.25) is 17.7 Å². The molecular weight excluding hydrogens is 632 g/mol. The summed E-state index contributed by atoms with van der Waals surface area (Å²) in [5.74, 6) is -1.18. The van der Waals surface area contributed by atoms with E-state index in [2.05, 4.69) is 24.5 Å². The lowest BCUT2D eigenvalue weighted by Gasteiger charge is -2.40. The smallest absolute Gasteiger partial charge is 0.226 e. The van der Waals surface area contributed by atoms with Crippen LogP contribution in [0.25, 0.3) is 0 Å². The van der Waals surface area contributed by atoms with Crippen molar-refractivity contribution in [1.29, 1.82) is 0 Å². The van der Waals surface area contributed by atoms with Crippen LogP contribution in [0, 0.1) is 35.5 Å². The van der Waals surface area contributed by atoms with E-state index in [0.717, 1.165) is 24.8 Å². The molecule has 2 rings (SSSR count). The van der Waals surface area contributed by atoms with Gasteiger partial charge in [-0.05, 0) is 56.0 Å². The molecule has 0 aromatic heterocycles. The van der Waals surface area contributed by atoms with E-state index in [4.69, 9.17) is 4.74 Å². The molecule has 10 heteroatoms. The number of aliphatic hydroxyl groups excluding tert-OH is 1. The van der Waals surface area contributed by atoms with Gasteiger partial charge in [0, 0.05) is 45.0 Å². The molecule has 3 amide bonds. The van der Waals surface area contributed by atoms with Crippen molar-refractivity contribution in [3.63, 3.8) is 0 Å². The summed E-state index contributed by atoms with van der Waals surface area (Å²) in [6, 6.07) is 7.99. The van der Waals surface area contributed by atoms with Gasteiger partial charge in [0.1, 0.15) is 0 Å². The average molecular weight is 701 g/mol. The average Bonchev–Trinajstić information content (AvgIpc) is 3.59. The summed E-state index contributed by atoms with van der Waals surface area (Å²) in [6.07, 6.45) is 1.30. The first-order valence-corrected chi connectivity index (χ1v) is 18.8. The number of rotatable bonds is 20. The molecule has 1 aliphatic rings. The predicted molar refractivity (Wildman–Crippen MR) is 199 cm³/mol. The van der Waals surface area contributed by atoms with Gasteiger partial charge >= 0.3 is 0 Å². The quantitative estimate of drug-likeness (QED) is 0.170. The molecule has 1 heterocycles. The SMILES string of the molecule is CC[C@H](C)[C@@H]([C@@H](CC(=O)N1CCC[C@H]1[C@H](C)[C@@H](C)C(=O)N[C@H](C)[C@@H](O)c1ccccc1)OC)N(C)C(=O)[C@@H](CC(=O)[C@@H](NC)C(C)C)C(C)C. The van der Waals surface area contributed by atoms with Gasteiger partial charge < -0.3 is 30.3 Å². The number of amides is 3. The normalized spacial score (nSPS) is 20.4. The fraction of sp³-hybridized carbons (Fsp3) is 0.750.